The second-order valence-corrected chi connectivity index (χ2v) is 10.4. The Balaban J connectivity index is 1.80. The van der Waals surface area contributed by atoms with Gasteiger partial charge < -0.3 is 14.8 Å². The van der Waals surface area contributed by atoms with Crippen LogP contribution in [0.2, 0.25) is 0 Å². The molecular formula is C19H28N4O3S2. The van der Waals surface area contributed by atoms with Gasteiger partial charge in [-0.25, -0.2) is 13.4 Å². The summed E-state index contributed by atoms with van der Waals surface area (Å²) in [6.45, 7) is 9.17. The van der Waals surface area contributed by atoms with Crippen LogP contribution in [0.25, 0.3) is 11.3 Å². The highest BCUT2D eigenvalue weighted by Gasteiger charge is 2.35. The number of H-pyrrole nitrogens is 1. The molecule has 154 valence electrons. The molecule has 9 heteroatoms. The zero-order valence-electron chi connectivity index (χ0n) is 16.6. The van der Waals surface area contributed by atoms with Crippen LogP contribution in [0.1, 0.15) is 35.8 Å². The van der Waals surface area contributed by atoms with Crippen molar-refractivity contribution in [3.05, 3.63) is 28.3 Å². The number of hydrogen-bond acceptors (Lipinski definition) is 6. The Morgan fingerprint density at radius 2 is 2.07 bits per heavy atom. The van der Waals surface area contributed by atoms with Gasteiger partial charge in [-0.2, -0.15) is 0 Å². The maximum Gasteiger partial charge on any atom is 0.270 e. The third kappa shape index (κ3) is 4.82. The fourth-order valence-corrected chi connectivity index (χ4v) is 5.93. The average molecular weight is 425 g/mol. The number of thiazole rings is 1. The third-order valence-electron chi connectivity index (χ3n) is 5.29. The average Bonchev–Trinajstić information content (AvgIpc) is 3.38. The van der Waals surface area contributed by atoms with Crippen LogP contribution in [0.3, 0.4) is 0 Å². The van der Waals surface area contributed by atoms with Gasteiger partial charge in [-0.1, -0.05) is 13.8 Å². The summed E-state index contributed by atoms with van der Waals surface area (Å²) in [6, 6.07) is 1.55. The summed E-state index contributed by atoms with van der Waals surface area (Å²) >= 11 is 1.57. The van der Waals surface area contributed by atoms with Crippen LogP contribution < -0.4 is 0 Å². The molecule has 1 fully saturated rings. The molecule has 0 saturated carbocycles. The largest absolute Gasteiger partial charge is 0.357 e. The number of likely N-dealkylation sites (N-methyl/N-ethyl adjacent to an activating group) is 1. The molecule has 1 saturated heterocycles. The first kappa shape index (κ1) is 21.0. The van der Waals surface area contributed by atoms with Crippen LogP contribution in [0, 0.1) is 6.92 Å². The lowest BCUT2D eigenvalue weighted by atomic mass is 10.2. The minimum atomic E-state index is -3.07. The van der Waals surface area contributed by atoms with Crippen molar-refractivity contribution in [3.63, 3.8) is 0 Å². The molecule has 7 nitrogen and oxygen atoms in total. The van der Waals surface area contributed by atoms with E-state index < -0.39 is 9.84 Å². The van der Waals surface area contributed by atoms with Gasteiger partial charge >= 0.3 is 0 Å². The molecule has 1 amide bonds. The van der Waals surface area contributed by atoms with Gasteiger partial charge in [0.15, 0.2) is 9.84 Å². The smallest absolute Gasteiger partial charge is 0.270 e. The maximum atomic E-state index is 13.2. The number of carbonyl (C=O) groups is 1. The molecule has 2 aromatic rings. The van der Waals surface area contributed by atoms with Gasteiger partial charge in [0.25, 0.3) is 5.91 Å². The van der Waals surface area contributed by atoms with Crippen molar-refractivity contribution in [2.24, 2.45) is 0 Å². The summed E-state index contributed by atoms with van der Waals surface area (Å²) in [5, 5.41) is 2.94. The molecule has 0 bridgehead atoms. The number of hydrogen-bond donors (Lipinski definition) is 1. The van der Waals surface area contributed by atoms with Crippen LogP contribution in [0.4, 0.5) is 0 Å². The summed E-state index contributed by atoms with van der Waals surface area (Å²) in [4.78, 5) is 24.8. The molecule has 0 aliphatic carbocycles. The normalized spacial score (nSPS) is 18.6. The van der Waals surface area contributed by atoms with Crippen molar-refractivity contribution in [2.75, 3.05) is 37.7 Å². The van der Waals surface area contributed by atoms with E-state index in [9.17, 15) is 13.2 Å². The highest BCUT2D eigenvalue weighted by molar-refractivity contribution is 7.91. The molecule has 1 aliphatic rings. The molecule has 3 rings (SSSR count). The molecule has 3 heterocycles. The quantitative estimate of drug-likeness (QED) is 0.703. The van der Waals surface area contributed by atoms with Crippen molar-refractivity contribution in [1.82, 2.24) is 19.8 Å². The summed E-state index contributed by atoms with van der Waals surface area (Å²) < 4.78 is 24.0. The van der Waals surface area contributed by atoms with Gasteiger partial charge in [-0.3, -0.25) is 4.79 Å². The van der Waals surface area contributed by atoms with Crippen molar-refractivity contribution in [3.8, 4) is 11.3 Å². The molecule has 28 heavy (non-hydrogen) atoms. The van der Waals surface area contributed by atoms with E-state index in [0.717, 1.165) is 35.9 Å². The van der Waals surface area contributed by atoms with Gasteiger partial charge in [0.05, 0.1) is 22.2 Å². The van der Waals surface area contributed by atoms with E-state index in [1.165, 1.54) is 0 Å². The maximum absolute atomic E-state index is 13.2. The second-order valence-electron chi connectivity index (χ2n) is 7.14. The number of rotatable bonds is 8. The van der Waals surface area contributed by atoms with Crippen LogP contribution in [0.5, 0.6) is 0 Å². The highest BCUT2D eigenvalue weighted by Crippen LogP contribution is 2.24. The zero-order valence-corrected chi connectivity index (χ0v) is 18.3. The first-order valence-corrected chi connectivity index (χ1v) is 12.4. The molecule has 2 aromatic heterocycles. The lowest BCUT2D eigenvalue weighted by Crippen LogP contribution is -2.45. The molecule has 0 radical (unpaired) electrons. The van der Waals surface area contributed by atoms with E-state index in [1.807, 2.05) is 18.4 Å². The van der Waals surface area contributed by atoms with E-state index in [-0.39, 0.29) is 23.5 Å². The predicted molar refractivity (Wildman–Crippen MR) is 113 cm³/mol. The zero-order chi connectivity index (χ0) is 20.3. The van der Waals surface area contributed by atoms with E-state index >= 15 is 0 Å². The van der Waals surface area contributed by atoms with Crippen LogP contribution in [0.15, 0.2) is 17.6 Å². The third-order valence-corrected chi connectivity index (χ3v) is 7.81. The summed E-state index contributed by atoms with van der Waals surface area (Å²) in [5.41, 5.74) is 2.19. The van der Waals surface area contributed by atoms with Gasteiger partial charge in [0.2, 0.25) is 0 Å². The summed E-state index contributed by atoms with van der Waals surface area (Å²) in [7, 11) is -3.07. The Labute approximate surface area is 170 Å². The predicted octanol–water partition coefficient (Wildman–Crippen LogP) is 2.42. The lowest BCUT2D eigenvalue weighted by molar-refractivity contribution is 0.0669. The SMILES string of the molecule is CCN(CC)CCN(C(=O)c1cc(-c2csc(C)n2)c[nH]1)C1CCS(=O)(=O)C1. The van der Waals surface area contributed by atoms with Crippen molar-refractivity contribution in [2.45, 2.75) is 33.2 Å². The van der Waals surface area contributed by atoms with E-state index in [4.69, 9.17) is 0 Å². The highest BCUT2D eigenvalue weighted by atomic mass is 32.2. The number of carbonyl (C=O) groups excluding carboxylic acids is 1. The fourth-order valence-electron chi connectivity index (χ4n) is 3.58. The fraction of sp³-hybridized carbons (Fsp3) is 0.579. The number of aromatic nitrogens is 2. The number of nitrogens with one attached hydrogen (secondary N) is 1. The molecule has 1 unspecified atom stereocenters. The molecule has 0 spiro atoms. The van der Waals surface area contributed by atoms with E-state index in [1.54, 1.807) is 22.4 Å². The first-order valence-electron chi connectivity index (χ1n) is 9.67. The van der Waals surface area contributed by atoms with Gasteiger partial charge in [0, 0.05) is 36.3 Å². The van der Waals surface area contributed by atoms with E-state index in [0.29, 0.717) is 18.7 Å². The Morgan fingerprint density at radius 3 is 2.64 bits per heavy atom. The number of sulfone groups is 1. The molecule has 1 aliphatic heterocycles. The van der Waals surface area contributed by atoms with Crippen molar-refractivity contribution >= 4 is 27.1 Å². The molecule has 0 aromatic carbocycles. The summed E-state index contributed by atoms with van der Waals surface area (Å²) in [5.74, 6) is 0.0591. The monoisotopic (exact) mass is 424 g/mol. The van der Waals surface area contributed by atoms with Gasteiger partial charge in [-0.05, 0) is 32.5 Å². The number of aromatic amines is 1. The molecule has 1 atom stereocenters. The van der Waals surface area contributed by atoms with Gasteiger partial charge in [-0.15, -0.1) is 11.3 Å². The Kier molecular flexibility index (Phi) is 6.57. The minimum Gasteiger partial charge on any atom is -0.357 e. The van der Waals surface area contributed by atoms with Crippen molar-refractivity contribution < 1.29 is 13.2 Å². The standard InChI is InChI=1S/C19H28N4O3S2/c1-4-22(5-2)7-8-23(16-6-9-28(25,26)13-16)19(24)17-10-15(11-20-17)18-12-27-14(3)21-18/h10-12,16,20H,4-9,13H2,1-3H3. The molecule has 1 N–H and O–H groups in total. The van der Waals surface area contributed by atoms with Crippen LogP contribution in [-0.4, -0.2) is 77.8 Å². The number of nitrogens with zero attached hydrogens (tertiary/aromatic N) is 3. The Hall–Kier alpha value is -1.71. The topological polar surface area (TPSA) is 86.4 Å². The minimum absolute atomic E-state index is 0.0514. The van der Waals surface area contributed by atoms with Crippen LogP contribution in [-0.2, 0) is 9.84 Å². The second kappa shape index (κ2) is 8.75. The van der Waals surface area contributed by atoms with Gasteiger partial charge in [0.1, 0.15) is 5.69 Å². The Bertz CT molecular complexity index is 915. The van der Waals surface area contributed by atoms with E-state index in [2.05, 4.69) is 28.7 Å². The lowest BCUT2D eigenvalue weighted by Gasteiger charge is -2.30. The first-order chi connectivity index (χ1) is 13.3. The van der Waals surface area contributed by atoms with Crippen LogP contribution >= 0.6 is 11.3 Å². The number of aryl methyl sites for hydroxylation is 1. The summed E-state index contributed by atoms with van der Waals surface area (Å²) in [6.07, 6.45) is 2.29. The molecular weight excluding hydrogens is 396 g/mol. The van der Waals surface area contributed by atoms with Crippen molar-refractivity contribution in [1.29, 1.82) is 0 Å². The Morgan fingerprint density at radius 1 is 1.32 bits per heavy atom. The number of amides is 1.